The van der Waals surface area contributed by atoms with Crippen molar-refractivity contribution in [1.29, 1.82) is 0 Å². The van der Waals surface area contributed by atoms with Gasteiger partial charge in [0.15, 0.2) is 5.58 Å². The van der Waals surface area contributed by atoms with Crippen molar-refractivity contribution >= 4 is 52.1 Å². The third kappa shape index (κ3) is 5.67. The highest BCUT2D eigenvalue weighted by Crippen LogP contribution is 2.27. The molecule has 1 unspecified atom stereocenters. The minimum absolute atomic E-state index is 0.0210. The van der Waals surface area contributed by atoms with Crippen LogP contribution in [0.2, 0.25) is 5.02 Å². The van der Waals surface area contributed by atoms with E-state index in [9.17, 15) is 9.59 Å². The van der Waals surface area contributed by atoms with Gasteiger partial charge in [-0.05, 0) is 47.4 Å². The number of nitrogens with zero attached hydrogens (tertiary/aromatic N) is 2. The van der Waals surface area contributed by atoms with E-state index in [1.807, 2.05) is 31.2 Å². The first-order chi connectivity index (χ1) is 15.9. The van der Waals surface area contributed by atoms with Crippen LogP contribution in [0.3, 0.4) is 0 Å². The van der Waals surface area contributed by atoms with Crippen LogP contribution in [0.4, 0.5) is 17.5 Å². The monoisotopic (exact) mass is 464 g/mol. The van der Waals surface area contributed by atoms with Gasteiger partial charge in [0.2, 0.25) is 5.91 Å². The number of carbonyl (C=O) groups excluding carboxylic acids is 1. The van der Waals surface area contributed by atoms with Gasteiger partial charge in [-0.15, -0.1) is 0 Å². The molecule has 0 aliphatic carbocycles. The number of carbonyl (C=O) groups is 2. The molecule has 8 nitrogen and oxygen atoms in total. The molecule has 0 saturated heterocycles. The molecule has 0 saturated carbocycles. The minimum Gasteiger partial charge on any atom is -0.481 e. The van der Waals surface area contributed by atoms with Crippen LogP contribution in [-0.2, 0) is 16.0 Å². The van der Waals surface area contributed by atoms with Gasteiger partial charge in [-0.3, -0.25) is 9.59 Å². The molecule has 1 atom stereocenters. The highest BCUT2D eigenvalue weighted by molar-refractivity contribution is 6.33. The van der Waals surface area contributed by atoms with Crippen molar-refractivity contribution in [2.45, 2.75) is 25.7 Å². The molecule has 0 bridgehead atoms. The third-order valence-corrected chi connectivity index (χ3v) is 5.37. The molecule has 4 rings (SSSR count). The Morgan fingerprint density at radius 2 is 1.97 bits per heavy atom. The van der Waals surface area contributed by atoms with Crippen molar-refractivity contribution in [2.24, 2.45) is 0 Å². The van der Waals surface area contributed by atoms with Gasteiger partial charge in [0, 0.05) is 6.20 Å². The van der Waals surface area contributed by atoms with Crippen LogP contribution in [0.15, 0.2) is 65.2 Å². The lowest BCUT2D eigenvalue weighted by Gasteiger charge is -2.10. The number of nitrogens with one attached hydrogen (secondary N) is 2. The second-order valence-electron chi connectivity index (χ2n) is 7.63. The number of carboxylic acid groups (broad SMARTS) is 1. The molecule has 0 fully saturated rings. The number of para-hydroxylation sites is 1. The summed E-state index contributed by atoms with van der Waals surface area (Å²) in [5.74, 6) is -0.860. The lowest BCUT2D eigenvalue weighted by Crippen LogP contribution is -2.15. The lowest BCUT2D eigenvalue weighted by molar-refractivity contribution is -0.137. The maximum absolute atomic E-state index is 12.5. The number of pyridine rings is 1. The number of carboxylic acids is 1. The molecular formula is C24H21ClN4O4. The van der Waals surface area contributed by atoms with Crippen molar-refractivity contribution in [1.82, 2.24) is 9.97 Å². The van der Waals surface area contributed by atoms with Crippen LogP contribution in [0, 0.1) is 0 Å². The van der Waals surface area contributed by atoms with E-state index in [0.717, 1.165) is 11.1 Å². The van der Waals surface area contributed by atoms with Crippen LogP contribution in [-0.4, -0.2) is 27.0 Å². The summed E-state index contributed by atoms with van der Waals surface area (Å²) in [6, 6.07) is 16.4. The first-order valence-corrected chi connectivity index (χ1v) is 10.6. The Morgan fingerprint density at radius 1 is 1.15 bits per heavy atom. The highest BCUT2D eigenvalue weighted by Gasteiger charge is 2.13. The summed E-state index contributed by atoms with van der Waals surface area (Å²) >= 11 is 6.16. The maximum Gasteiger partial charge on any atom is 0.303 e. The molecule has 0 aliphatic rings. The summed E-state index contributed by atoms with van der Waals surface area (Å²) in [5, 5.41) is 15.3. The second kappa shape index (κ2) is 9.70. The number of hydrogen-bond acceptors (Lipinski definition) is 6. The van der Waals surface area contributed by atoms with Crippen LogP contribution < -0.4 is 10.6 Å². The Balaban J connectivity index is 1.39. The molecular weight excluding hydrogens is 444 g/mol. The molecule has 4 aromatic rings. The predicted octanol–water partition coefficient (Wildman–Crippen LogP) is 5.38. The van der Waals surface area contributed by atoms with Gasteiger partial charge >= 0.3 is 5.97 Å². The summed E-state index contributed by atoms with van der Waals surface area (Å²) in [4.78, 5) is 31.9. The number of amides is 1. The van der Waals surface area contributed by atoms with Gasteiger partial charge in [0.25, 0.3) is 6.01 Å². The standard InChI is InChI=1S/C24H21ClN4O4/c1-14(10-23(31)32)16-7-9-21(26-13-16)29-22(30)12-15-6-8-19-20(11-15)33-24(28-19)27-18-5-3-2-4-17(18)25/h2-9,11,13-14H,10,12H2,1H3,(H,27,28)(H,31,32)(H,26,29,30). The van der Waals surface area contributed by atoms with E-state index < -0.39 is 5.97 Å². The first kappa shape index (κ1) is 22.3. The Labute approximate surface area is 194 Å². The van der Waals surface area contributed by atoms with Gasteiger partial charge in [-0.25, -0.2) is 4.98 Å². The van der Waals surface area contributed by atoms with Crippen molar-refractivity contribution in [3.05, 3.63) is 76.9 Å². The van der Waals surface area contributed by atoms with Gasteiger partial charge < -0.3 is 20.2 Å². The second-order valence-corrected chi connectivity index (χ2v) is 8.03. The van der Waals surface area contributed by atoms with Crippen LogP contribution in [0.5, 0.6) is 0 Å². The molecule has 0 radical (unpaired) electrons. The zero-order chi connectivity index (χ0) is 23.4. The number of oxazole rings is 1. The molecule has 2 heterocycles. The average molecular weight is 465 g/mol. The van der Waals surface area contributed by atoms with Crippen molar-refractivity contribution in [3.8, 4) is 0 Å². The average Bonchev–Trinajstić information content (AvgIpc) is 3.17. The number of aromatic nitrogens is 2. The molecule has 1 amide bonds. The van der Waals surface area contributed by atoms with Crippen LogP contribution in [0.1, 0.15) is 30.4 Å². The third-order valence-electron chi connectivity index (χ3n) is 5.04. The van der Waals surface area contributed by atoms with Crippen LogP contribution in [0.25, 0.3) is 11.1 Å². The summed E-state index contributed by atoms with van der Waals surface area (Å²) in [6.07, 6.45) is 1.73. The number of rotatable bonds is 8. The summed E-state index contributed by atoms with van der Waals surface area (Å²) in [7, 11) is 0. The largest absolute Gasteiger partial charge is 0.481 e. The summed E-state index contributed by atoms with van der Waals surface area (Å²) in [5.41, 5.74) is 3.44. The molecule has 2 aromatic carbocycles. The lowest BCUT2D eigenvalue weighted by atomic mass is 10.00. The smallest absolute Gasteiger partial charge is 0.303 e. The topological polar surface area (TPSA) is 117 Å². The molecule has 0 spiro atoms. The maximum atomic E-state index is 12.5. The first-order valence-electron chi connectivity index (χ1n) is 10.3. The highest BCUT2D eigenvalue weighted by atomic mass is 35.5. The van der Waals surface area contributed by atoms with E-state index in [-0.39, 0.29) is 24.7 Å². The SMILES string of the molecule is CC(CC(=O)O)c1ccc(NC(=O)Cc2ccc3nc(Nc4ccccc4Cl)oc3c2)nc1. The van der Waals surface area contributed by atoms with Crippen LogP contribution >= 0.6 is 11.6 Å². The van der Waals surface area contributed by atoms with Gasteiger partial charge in [-0.1, -0.05) is 42.8 Å². The molecule has 3 N–H and O–H groups in total. The number of fused-ring (bicyclic) bond motifs is 1. The van der Waals surface area contributed by atoms with Crippen molar-refractivity contribution in [3.63, 3.8) is 0 Å². The molecule has 0 aliphatic heterocycles. The summed E-state index contributed by atoms with van der Waals surface area (Å²) < 4.78 is 5.76. The molecule has 168 valence electrons. The van der Waals surface area contributed by atoms with E-state index in [1.54, 1.807) is 36.5 Å². The quantitative estimate of drug-likeness (QED) is 0.320. The number of hydrogen-bond donors (Lipinski definition) is 3. The Bertz CT molecular complexity index is 1300. The normalized spacial score (nSPS) is 11.8. The number of anilines is 3. The predicted molar refractivity (Wildman–Crippen MR) is 126 cm³/mol. The zero-order valence-electron chi connectivity index (χ0n) is 17.7. The number of halogens is 1. The minimum atomic E-state index is -0.865. The van der Waals surface area contributed by atoms with Crippen molar-refractivity contribution in [2.75, 3.05) is 10.6 Å². The van der Waals surface area contributed by atoms with Crippen molar-refractivity contribution < 1.29 is 19.1 Å². The fraction of sp³-hybridized carbons (Fsp3) is 0.167. The Kier molecular flexibility index (Phi) is 6.55. The van der Waals surface area contributed by atoms with E-state index in [1.165, 1.54) is 0 Å². The van der Waals surface area contributed by atoms with E-state index in [0.29, 0.717) is 33.6 Å². The van der Waals surface area contributed by atoms with E-state index >= 15 is 0 Å². The Morgan fingerprint density at radius 3 is 2.70 bits per heavy atom. The molecule has 9 heteroatoms. The fourth-order valence-electron chi connectivity index (χ4n) is 3.33. The fourth-order valence-corrected chi connectivity index (χ4v) is 3.52. The summed E-state index contributed by atoms with van der Waals surface area (Å²) in [6.45, 7) is 1.82. The van der Waals surface area contributed by atoms with Gasteiger partial charge in [0.1, 0.15) is 11.3 Å². The number of aliphatic carboxylic acids is 1. The molecule has 33 heavy (non-hydrogen) atoms. The van der Waals surface area contributed by atoms with Gasteiger partial charge in [-0.2, -0.15) is 4.98 Å². The van der Waals surface area contributed by atoms with E-state index in [4.69, 9.17) is 21.1 Å². The van der Waals surface area contributed by atoms with Gasteiger partial charge in [0.05, 0.1) is 23.6 Å². The zero-order valence-corrected chi connectivity index (χ0v) is 18.5. The van der Waals surface area contributed by atoms with E-state index in [2.05, 4.69) is 20.6 Å². The molecule has 2 aromatic heterocycles. The Hall–Kier alpha value is -3.91. The number of benzene rings is 2.